The molecule has 86 valence electrons. The fourth-order valence-corrected chi connectivity index (χ4v) is 2.41. The zero-order valence-corrected chi connectivity index (χ0v) is 8.85. The number of carboxylic acids is 1. The molecular weight excluding hydrogens is 211 g/mol. The molecule has 3 atom stereocenters. The van der Waals surface area contributed by atoms with E-state index in [4.69, 9.17) is 5.11 Å². The Morgan fingerprint density at radius 1 is 1.44 bits per heavy atom. The molecule has 3 unspecified atom stereocenters. The number of benzene rings is 1. The van der Waals surface area contributed by atoms with E-state index in [9.17, 15) is 14.3 Å². The first kappa shape index (κ1) is 11.1. The van der Waals surface area contributed by atoms with Gasteiger partial charge in [-0.25, -0.2) is 4.39 Å². The third-order valence-corrected chi connectivity index (χ3v) is 3.29. The van der Waals surface area contributed by atoms with Crippen molar-refractivity contribution in [3.63, 3.8) is 0 Å². The van der Waals surface area contributed by atoms with Crippen molar-refractivity contribution in [3.8, 4) is 0 Å². The Balaban J connectivity index is 2.42. The SMILES string of the molecule is CC1C(O)c2ccc(F)cc2C1CC(=O)O. The average Bonchev–Trinajstić information content (AvgIpc) is 2.43. The third-order valence-electron chi connectivity index (χ3n) is 3.29. The number of aliphatic hydroxyl groups is 1. The number of rotatable bonds is 2. The summed E-state index contributed by atoms with van der Waals surface area (Å²) >= 11 is 0. The summed E-state index contributed by atoms with van der Waals surface area (Å²) in [6, 6.07) is 4.15. The van der Waals surface area contributed by atoms with Crippen LogP contribution in [0, 0.1) is 11.7 Å². The Kier molecular flexibility index (Phi) is 2.68. The maximum absolute atomic E-state index is 13.1. The van der Waals surface area contributed by atoms with Crippen molar-refractivity contribution in [1.82, 2.24) is 0 Å². The average molecular weight is 224 g/mol. The summed E-state index contributed by atoms with van der Waals surface area (Å²) in [5.41, 5.74) is 1.28. The Morgan fingerprint density at radius 3 is 2.75 bits per heavy atom. The van der Waals surface area contributed by atoms with Gasteiger partial charge in [-0.2, -0.15) is 0 Å². The van der Waals surface area contributed by atoms with E-state index in [-0.39, 0.29) is 18.3 Å². The van der Waals surface area contributed by atoms with Crippen LogP contribution in [0.4, 0.5) is 4.39 Å². The van der Waals surface area contributed by atoms with Crippen LogP contribution >= 0.6 is 0 Å². The van der Waals surface area contributed by atoms with Crippen molar-refractivity contribution >= 4 is 5.97 Å². The maximum Gasteiger partial charge on any atom is 0.303 e. The smallest absolute Gasteiger partial charge is 0.303 e. The van der Waals surface area contributed by atoms with Gasteiger partial charge in [0.1, 0.15) is 5.82 Å². The normalized spacial score (nSPS) is 27.8. The molecule has 0 saturated heterocycles. The first-order chi connectivity index (χ1) is 7.50. The lowest BCUT2D eigenvalue weighted by atomic mass is 9.90. The van der Waals surface area contributed by atoms with Crippen LogP contribution < -0.4 is 0 Å². The van der Waals surface area contributed by atoms with E-state index in [1.165, 1.54) is 18.2 Å². The van der Waals surface area contributed by atoms with Crippen molar-refractivity contribution < 1.29 is 19.4 Å². The molecule has 0 fully saturated rings. The minimum absolute atomic E-state index is 0.0747. The Bertz CT molecular complexity index is 430. The van der Waals surface area contributed by atoms with Crippen LogP contribution in [-0.2, 0) is 4.79 Å². The second-order valence-corrected chi connectivity index (χ2v) is 4.28. The van der Waals surface area contributed by atoms with Crippen LogP contribution in [0.25, 0.3) is 0 Å². The maximum atomic E-state index is 13.1. The van der Waals surface area contributed by atoms with E-state index in [1.54, 1.807) is 6.92 Å². The van der Waals surface area contributed by atoms with Crippen molar-refractivity contribution in [2.24, 2.45) is 5.92 Å². The van der Waals surface area contributed by atoms with Crippen LogP contribution in [0.15, 0.2) is 18.2 Å². The van der Waals surface area contributed by atoms with E-state index in [1.807, 2.05) is 0 Å². The van der Waals surface area contributed by atoms with Crippen molar-refractivity contribution in [3.05, 3.63) is 35.1 Å². The minimum Gasteiger partial charge on any atom is -0.481 e. The second kappa shape index (κ2) is 3.87. The molecule has 0 spiro atoms. The molecule has 1 aliphatic rings. The summed E-state index contributed by atoms with van der Waals surface area (Å²) in [4.78, 5) is 10.7. The lowest BCUT2D eigenvalue weighted by molar-refractivity contribution is -0.137. The lowest BCUT2D eigenvalue weighted by Gasteiger charge is -2.15. The van der Waals surface area contributed by atoms with Gasteiger partial charge in [0.25, 0.3) is 0 Å². The molecular formula is C12H13FO3. The van der Waals surface area contributed by atoms with Gasteiger partial charge in [0.15, 0.2) is 0 Å². The fraction of sp³-hybridized carbons (Fsp3) is 0.417. The molecule has 0 aromatic heterocycles. The number of fused-ring (bicyclic) bond motifs is 1. The zero-order valence-electron chi connectivity index (χ0n) is 8.85. The quantitative estimate of drug-likeness (QED) is 0.808. The zero-order chi connectivity index (χ0) is 11.9. The predicted molar refractivity (Wildman–Crippen MR) is 55.5 cm³/mol. The first-order valence-corrected chi connectivity index (χ1v) is 5.20. The summed E-state index contributed by atoms with van der Waals surface area (Å²) in [5.74, 6) is -1.82. The van der Waals surface area contributed by atoms with Crippen LogP contribution in [0.5, 0.6) is 0 Å². The Morgan fingerprint density at radius 2 is 2.12 bits per heavy atom. The van der Waals surface area contributed by atoms with Gasteiger partial charge in [-0.05, 0) is 29.2 Å². The number of aliphatic hydroxyl groups excluding tert-OH is 1. The van der Waals surface area contributed by atoms with Crippen molar-refractivity contribution in [2.75, 3.05) is 0 Å². The standard InChI is InChI=1S/C12H13FO3/c1-6-9(5-11(14)15)10-4-7(13)2-3-8(10)12(6)16/h2-4,6,9,12,16H,5H2,1H3,(H,14,15). The van der Waals surface area contributed by atoms with Crippen molar-refractivity contribution in [1.29, 1.82) is 0 Å². The van der Waals surface area contributed by atoms with Crippen LogP contribution in [0.2, 0.25) is 0 Å². The van der Waals surface area contributed by atoms with E-state index in [0.29, 0.717) is 11.1 Å². The predicted octanol–water partition coefficient (Wildman–Crippen LogP) is 2.07. The lowest BCUT2D eigenvalue weighted by Crippen LogP contribution is -2.12. The fourth-order valence-electron chi connectivity index (χ4n) is 2.41. The third kappa shape index (κ3) is 1.69. The van der Waals surface area contributed by atoms with Gasteiger partial charge in [0.05, 0.1) is 12.5 Å². The molecule has 0 amide bonds. The molecule has 0 saturated carbocycles. The van der Waals surface area contributed by atoms with E-state index < -0.39 is 17.9 Å². The summed E-state index contributed by atoms with van der Waals surface area (Å²) in [6.07, 6.45) is -0.769. The molecule has 2 N–H and O–H groups in total. The molecule has 0 aliphatic heterocycles. The Hall–Kier alpha value is -1.42. The van der Waals surface area contributed by atoms with Gasteiger partial charge in [0.2, 0.25) is 0 Å². The highest BCUT2D eigenvalue weighted by molar-refractivity contribution is 5.68. The van der Waals surface area contributed by atoms with Crippen LogP contribution in [0.3, 0.4) is 0 Å². The number of hydrogen-bond acceptors (Lipinski definition) is 2. The molecule has 0 bridgehead atoms. The Labute approximate surface area is 92.5 Å². The van der Waals surface area contributed by atoms with Gasteiger partial charge < -0.3 is 10.2 Å². The summed E-state index contributed by atoms with van der Waals surface area (Å²) in [5, 5.41) is 18.7. The van der Waals surface area contributed by atoms with Gasteiger partial charge in [-0.1, -0.05) is 13.0 Å². The molecule has 16 heavy (non-hydrogen) atoms. The minimum atomic E-state index is -0.929. The molecule has 3 nitrogen and oxygen atoms in total. The number of hydrogen-bond donors (Lipinski definition) is 2. The first-order valence-electron chi connectivity index (χ1n) is 5.20. The molecule has 1 aromatic carbocycles. The van der Waals surface area contributed by atoms with E-state index >= 15 is 0 Å². The van der Waals surface area contributed by atoms with Gasteiger partial charge in [-0.3, -0.25) is 4.79 Å². The number of aliphatic carboxylic acids is 1. The molecule has 1 aromatic rings. The van der Waals surface area contributed by atoms with Crippen molar-refractivity contribution in [2.45, 2.75) is 25.4 Å². The number of carboxylic acid groups (broad SMARTS) is 1. The highest BCUT2D eigenvalue weighted by Gasteiger charge is 2.37. The highest BCUT2D eigenvalue weighted by atomic mass is 19.1. The summed E-state index contributed by atoms with van der Waals surface area (Å²) in [6.45, 7) is 1.79. The largest absolute Gasteiger partial charge is 0.481 e. The summed E-state index contributed by atoms with van der Waals surface area (Å²) < 4.78 is 13.1. The number of carbonyl (C=O) groups is 1. The highest BCUT2D eigenvalue weighted by Crippen LogP contribution is 2.46. The monoisotopic (exact) mass is 224 g/mol. The van der Waals surface area contributed by atoms with Gasteiger partial charge >= 0.3 is 5.97 Å². The second-order valence-electron chi connectivity index (χ2n) is 4.28. The van der Waals surface area contributed by atoms with E-state index in [0.717, 1.165) is 0 Å². The van der Waals surface area contributed by atoms with E-state index in [2.05, 4.69) is 0 Å². The molecule has 0 heterocycles. The molecule has 4 heteroatoms. The van der Waals surface area contributed by atoms with Crippen LogP contribution in [-0.4, -0.2) is 16.2 Å². The van der Waals surface area contributed by atoms with Gasteiger partial charge in [-0.15, -0.1) is 0 Å². The number of halogens is 1. The molecule has 1 aliphatic carbocycles. The van der Waals surface area contributed by atoms with Gasteiger partial charge in [0, 0.05) is 5.92 Å². The van der Waals surface area contributed by atoms with Crippen LogP contribution in [0.1, 0.15) is 36.5 Å². The molecule has 2 rings (SSSR count). The molecule has 0 radical (unpaired) electrons. The topological polar surface area (TPSA) is 57.5 Å². The summed E-state index contributed by atoms with van der Waals surface area (Å²) in [7, 11) is 0.